The molecule has 0 saturated carbocycles. The third-order valence-corrected chi connectivity index (χ3v) is 3.63. The van der Waals surface area contributed by atoms with E-state index in [2.05, 4.69) is 4.98 Å². The molecule has 0 fully saturated rings. The Kier molecular flexibility index (Phi) is 6.05. The first-order chi connectivity index (χ1) is 9.40. The maximum atomic E-state index is 12.2. The quantitative estimate of drug-likeness (QED) is 0.733. The zero-order valence-electron chi connectivity index (χ0n) is 11.3. The van der Waals surface area contributed by atoms with E-state index in [1.165, 1.54) is 17.2 Å². The number of carbonyl (C=O) groups is 1. The number of amides is 1. The summed E-state index contributed by atoms with van der Waals surface area (Å²) in [6, 6.07) is 2.38. The lowest BCUT2D eigenvalue weighted by Crippen LogP contribution is -2.35. The molecule has 0 aromatic carbocycles. The Balaban J connectivity index is 2.99. The van der Waals surface area contributed by atoms with Crippen LogP contribution in [-0.4, -0.2) is 49.0 Å². The molecule has 0 bridgehead atoms. The third kappa shape index (κ3) is 4.55. The SMILES string of the molecule is CCCCN(CCO)C(=O)c1cc(S(N)(=O)=O)ccn1. The first-order valence-electron chi connectivity index (χ1n) is 6.29. The molecule has 7 nitrogen and oxygen atoms in total. The Morgan fingerprint density at radius 1 is 1.45 bits per heavy atom. The lowest BCUT2D eigenvalue weighted by Gasteiger charge is -2.21. The van der Waals surface area contributed by atoms with Gasteiger partial charge in [0.05, 0.1) is 11.5 Å². The maximum absolute atomic E-state index is 12.2. The van der Waals surface area contributed by atoms with E-state index >= 15 is 0 Å². The van der Waals surface area contributed by atoms with Crippen LogP contribution in [0.2, 0.25) is 0 Å². The van der Waals surface area contributed by atoms with Gasteiger partial charge in [0, 0.05) is 19.3 Å². The van der Waals surface area contributed by atoms with Crippen molar-refractivity contribution in [2.75, 3.05) is 19.7 Å². The van der Waals surface area contributed by atoms with Crippen molar-refractivity contribution in [2.24, 2.45) is 5.14 Å². The molecule has 8 heteroatoms. The van der Waals surface area contributed by atoms with Crippen molar-refractivity contribution in [2.45, 2.75) is 24.7 Å². The zero-order valence-corrected chi connectivity index (χ0v) is 12.1. The lowest BCUT2D eigenvalue weighted by molar-refractivity contribution is 0.0713. The number of unbranched alkanes of at least 4 members (excludes halogenated alkanes) is 1. The number of nitrogens with zero attached hydrogens (tertiary/aromatic N) is 2. The molecule has 0 atom stereocenters. The second kappa shape index (κ2) is 7.32. The van der Waals surface area contributed by atoms with Crippen LogP contribution < -0.4 is 5.14 Å². The van der Waals surface area contributed by atoms with Crippen LogP contribution in [-0.2, 0) is 10.0 Å². The third-order valence-electron chi connectivity index (χ3n) is 2.72. The van der Waals surface area contributed by atoms with Crippen molar-refractivity contribution in [3.05, 3.63) is 24.0 Å². The molecule has 0 saturated heterocycles. The number of aliphatic hydroxyl groups excluding tert-OH is 1. The molecule has 20 heavy (non-hydrogen) atoms. The van der Waals surface area contributed by atoms with Gasteiger partial charge in [0.25, 0.3) is 5.91 Å². The molecule has 0 radical (unpaired) electrons. The molecular weight excluding hydrogens is 282 g/mol. The maximum Gasteiger partial charge on any atom is 0.272 e. The summed E-state index contributed by atoms with van der Waals surface area (Å²) < 4.78 is 22.5. The molecule has 0 aliphatic rings. The van der Waals surface area contributed by atoms with Crippen molar-refractivity contribution in [3.8, 4) is 0 Å². The van der Waals surface area contributed by atoms with Gasteiger partial charge < -0.3 is 10.0 Å². The van der Waals surface area contributed by atoms with E-state index < -0.39 is 15.9 Å². The highest BCUT2D eigenvalue weighted by atomic mass is 32.2. The van der Waals surface area contributed by atoms with E-state index in [1.807, 2.05) is 6.92 Å². The summed E-state index contributed by atoms with van der Waals surface area (Å²) in [4.78, 5) is 17.4. The highest BCUT2D eigenvalue weighted by Gasteiger charge is 2.18. The van der Waals surface area contributed by atoms with Crippen molar-refractivity contribution < 1.29 is 18.3 Å². The minimum absolute atomic E-state index is 0.000998. The summed E-state index contributed by atoms with van der Waals surface area (Å²) in [5.41, 5.74) is 0.000998. The average Bonchev–Trinajstić information content (AvgIpc) is 2.42. The number of rotatable bonds is 7. The zero-order chi connectivity index (χ0) is 15.2. The topological polar surface area (TPSA) is 114 Å². The van der Waals surface area contributed by atoms with Gasteiger partial charge in [-0.25, -0.2) is 13.6 Å². The average molecular weight is 301 g/mol. The number of hydrogen-bond donors (Lipinski definition) is 2. The number of aliphatic hydroxyl groups is 1. The Hall–Kier alpha value is -1.51. The first-order valence-corrected chi connectivity index (χ1v) is 7.83. The van der Waals surface area contributed by atoms with Crippen molar-refractivity contribution in [1.29, 1.82) is 0 Å². The van der Waals surface area contributed by atoms with Crippen molar-refractivity contribution in [3.63, 3.8) is 0 Å². The van der Waals surface area contributed by atoms with Gasteiger partial charge >= 0.3 is 0 Å². The molecular formula is C12H19N3O4S. The molecule has 0 spiro atoms. The van der Waals surface area contributed by atoms with E-state index in [0.717, 1.165) is 18.9 Å². The van der Waals surface area contributed by atoms with E-state index in [-0.39, 0.29) is 23.7 Å². The summed E-state index contributed by atoms with van der Waals surface area (Å²) in [5.74, 6) is -0.419. The van der Waals surface area contributed by atoms with Gasteiger partial charge in [-0.05, 0) is 18.6 Å². The van der Waals surface area contributed by atoms with Gasteiger partial charge in [-0.3, -0.25) is 9.78 Å². The first kappa shape index (κ1) is 16.5. The van der Waals surface area contributed by atoms with Crippen molar-refractivity contribution >= 4 is 15.9 Å². The predicted octanol–water partition coefficient (Wildman–Crippen LogP) is -0.0364. The van der Waals surface area contributed by atoms with E-state index in [9.17, 15) is 13.2 Å². The minimum Gasteiger partial charge on any atom is -0.395 e. The molecule has 112 valence electrons. The number of nitrogens with two attached hydrogens (primary N) is 1. The smallest absolute Gasteiger partial charge is 0.272 e. The fraction of sp³-hybridized carbons (Fsp3) is 0.500. The highest BCUT2D eigenvalue weighted by Crippen LogP contribution is 2.10. The van der Waals surface area contributed by atoms with Gasteiger partial charge in [-0.1, -0.05) is 13.3 Å². The van der Waals surface area contributed by atoms with Gasteiger partial charge in [0.2, 0.25) is 10.0 Å². The van der Waals surface area contributed by atoms with Crippen molar-refractivity contribution in [1.82, 2.24) is 9.88 Å². The highest BCUT2D eigenvalue weighted by molar-refractivity contribution is 7.89. The number of aromatic nitrogens is 1. The van der Waals surface area contributed by atoms with Gasteiger partial charge in [-0.15, -0.1) is 0 Å². The van der Waals surface area contributed by atoms with E-state index in [0.29, 0.717) is 6.54 Å². The summed E-state index contributed by atoms with van der Waals surface area (Å²) in [5, 5.41) is 14.0. The fourth-order valence-electron chi connectivity index (χ4n) is 1.65. The standard InChI is InChI=1S/C12H19N3O4S/c1-2-3-6-15(7-8-16)12(17)11-9-10(4-5-14-11)20(13,18)19/h4-5,9,16H,2-3,6-8H2,1H3,(H2,13,18,19). The number of sulfonamides is 1. The Morgan fingerprint density at radius 2 is 2.15 bits per heavy atom. The van der Waals surface area contributed by atoms with E-state index in [1.54, 1.807) is 0 Å². The minimum atomic E-state index is -3.87. The van der Waals surface area contributed by atoms with Gasteiger partial charge in [0.1, 0.15) is 5.69 Å². The van der Waals surface area contributed by atoms with Crippen LogP contribution in [0.25, 0.3) is 0 Å². The summed E-state index contributed by atoms with van der Waals surface area (Å²) >= 11 is 0. The summed E-state index contributed by atoms with van der Waals surface area (Å²) in [7, 11) is -3.87. The summed E-state index contributed by atoms with van der Waals surface area (Å²) in [6.45, 7) is 2.49. The molecule has 0 unspecified atom stereocenters. The number of primary sulfonamides is 1. The lowest BCUT2D eigenvalue weighted by atomic mass is 10.2. The van der Waals surface area contributed by atoms with Crippen LogP contribution in [0, 0.1) is 0 Å². The van der Waals surface area contributed by atoms with E-state index in [4.69, 9.17) is 10.2 Å². The normalized spacial score (nSPS) is 11.3. The molecule has 1 amide bonds. The molecule has 1 rings (SSSR count). The number of pyridine rings is 1. The molecule has 1 aromatic heterocycles. The molecule has 0 aliphatic carbocycles. The van der Waals surface area contributed by atoms with Crippen LogP contribution >= 0.6 is 0 Å². The van der Waals surface area contributed by atoms with Crippen LogP contribution in [0.4, 0.5) is 0 Å². The Bertz CT molecular complexity index is 560. The van der Waals surface area contributed by atoms with Crippen LogP contribution in [0.1, 0.15) is 30.3 Å². The van der Waals surface area contributed by atoms with Crippen LogP contribution in [0.3, 0.4) is 0 Å². The second-order valence-corrected chi connectivity index (χ2v) is 5.85. The van der Waals surface area contributed by atoms with Gasteiger partial charge in [0.15, 0.2) is 0 Å². The second-order valence-electron chi connectivity index (χ2n) is 4.29. The predicted molar refractivity (Wildman–Crippen MR) is 73.5 cm³/mol. The van der Waals surface area contributed by atoms with Crippen LogP contribution in [0.5, 0.6) is 0 Å². The fourth-order valence-corrected chi connectivity index (χ4v) is 2.18. The van der Waals surface area contributed by atoms with Crippen LogP contribution in [0.15, 0.2) is 23.2 Å². The molecule has 1 aromatic rings. The molecule has 3 N–H and O–H groups in total. The molecule has 1 heterocycles. The Morgan fingerprint density at radius 3 is 2.70 bits per heavy atom. The molecule has 0 aliphatic heterocycles. The largest absolute Gasteiger partial charge is 0.395 e. The summed E-state index contributed by atoms with van der Waals surface area (Å²) in [6.07, 6.45) is 2.92. The monoisotopic (exact) mass is 301 g/mol. The number of carbonyl (C=O) groups excluding carboxylic acids is 1. The Labute approximate surface area is 118 Å². The number of hydrogen-bond acceptors (Lipinski definition) is 5. The van der Waals surface area contributed by atoms with Gasteiger partial charge in [-0.2, -0.15) is 0 Å².